The van der Waals surface area contributed by atoms with Gasteiger partial charge in [0, 0.05) is 24.7 Å². The minimum Gasteiger partial charge on any atom is -0.437 e. The Morgan fingerprint density at radius 3 is 3.05 bits per heavy atom. The van der Waals surface area contributed by atoms with Crippen LogP contribution in [0.3, 0.4) is 0 Å². The number of fused-ring (bicyclic) bond motifs is 1. The Labute approximate surface area is 118 Å². The van der Waals surface area contributed by atoms with Gasteiger partial charge in [0.1, 0.15) is 5.52 Å². The average molecular weight is 270 g/mol. The first kappa shape index (κ1) is 12.9. The summed E-state index contributed by atoms with van der Waals surface area (Å²) in [4.78, 5) is 18.4. The molecule has 0 saturated carbocycles. The van der Waals surface area contributed by atoms with E-state index in [9.17, 15) is 4.79 Å². The number of likely N-dealkylation sites (tertiary alicyclic amines) is 1. The largest absolute Gasteiger partial charge is 0.437 e. The Bertz CT molecular complexity index is 612. The van der Waals surface area contributed by atoms with Gasteiger partial charge in [-0.1, -0.05) is 12.1 Å². The summed E-state index contributed by atoms with van der Waals surface area (Å²) in [5, 5.41) is 0. The topological polar surface area (TPSA) is 46.3 Å². The first-order chi connectivity index (χ1) is 9.74. The first-order valence-electron chi connectivity index (χ1n) is 7.08. The molecule has 0 N–H and O–H groups in total. The summed E-state index contributed by atoms with van der Waals surface area (Å²) in [5.41, 5.74) is 1.55. The number of amides is 1. The number of hydrogen-bond donors (Lipinski definition) is 0. The number of carbonyl (C=O) groups excluding carboxylic acids is 1. The van der Waals surface area contributed by atoms with E-state index in [2.05, 4.69) is 11.9 Å². The Hall–Kier alpha value is -2.10. The summed E-state index contributed by atoms with van der Waals surface area (Å²) in [6.45, 7) is 2.95. The van der Waals surface area contributed by atoms with Gasteiger partial charge in [0.25, 0.3) is 0 Å². The van der Waals surface area contributed by atoms with Crippen LogP contribution in [0.1, 0.15) is 32.1 Å². The molecule has 1 aliphatic heterocycles. The van der Waals surface area contributed by atoms with E-state index in [-0.39, 0.29) is 5.91 Å². The van der Waals surface area contributed by atoms with Crippen LogP contribution in [0.25, 0.3) is 17.2 Å². The smallest absolute Gasteiger partial charge is 0.246 e. The monoisotopic (exact) mass is 270 g/mol. The van der Waals surface area contributed by atoms with Crippen molar-refractivity contribution in [2.24, 2.45) is 0 Å². The van der Waals surface area contributed by atoms with Crippen molar-refractivity contribution in [1.29, 1.82) is 0 Å². The molecular formula is C16H18N2O2. The molecule has 4 heteroatoms. The second-order valence-electron chi connectivity index (χ2n) is 5.23. The molecule has 1 fully saturated rings. The average Bonchev–Trinajstić information content (AvgIpc) is 2.88. The first-order valence-corrected chi connectivity index (χ1v) is 7.08. The quantitative estimate of drug-likeness (QED) is 0.787. The summed E-state index contributed by atoms with van der Waals surface area (Å²) < 4.78 is 5.56. The van der Waals surface area contributed by atoms with Crippen LogP contribution in [0.2, 0.25) is 0 Å². The lowest BCUT2D eigenvalue weighted by molar-refractivity contribution is -0.129. The third-order valence-electron chi connectivity index (χ3n) is 3.76. The Balaban J connectivity index is 1.74. The van der Waals surface area contributed by atoms with Gasteiger partial charge in [0.2, 0.25) is 11.8 Å². The lowest BCUT2D eigenvalue weighted by Crippen LogP contribution is -2.41. The molecule has 2 heterocycles. The third kappa shape index (κ3) is 2.59. The number of aromatic nitrogens is 1. The summed E-state index contributed by atoms with van der Waals surface area (Å²) in [6, 6.07) is 7.91. The lowest BCUT2D eigenvalue weighted by Gasteiger charge is -2.32. The molecule has 1 saturated heterocycles. The molecule has 2 aromatic rings. The van der Waals surface area contributed by atoms with E-state index in [1.807, 2.05) is 29.2 Å². The fourth-order valence-electron chi connectivity index (χ4n) is 2.63. The van der Waals surface area contributed by atoms with Gasteiger partial charge >= 0.3 is 0 Å². The molecule has 1 aliphatic rings. The molecule has 0 bridgehead atoms. The second kappa shape index (κ2) is 5.49. The number of hydrogen-bond acceptors (Lipinski definition) is 3. The van der Waals surface area contributed by atoms with Crippen molar-refractivity contribution < 1.29 is 9.21 Å². The fraction of sp³-hybridized carbons (Fsp3) is 0.375. The maximum atomic E-state index is 12.2. The minimum absolute atomic E-state index is 0.0412. The molecule has 3 rings (SSSR count). The van der Waals surface area contributed by atoms with E-state index in [1.165, 1.54) is 6.42 Å². The number of oxazole rings is 1. The maximum absolute atomic E-state index is 12.2. The van der Waals surface area contributed by atoms with E-state index < -0.39 is 0 Å². The maximum Gasteiger partial charge on any atom is 0.246 e. The zero-order valence-electron chi connectivity index (χ0n) is 11.6. The number of para-hydroxylation sites is 2. The summed E-state index contributed by atoms with van der Waals surface area (Å²) >= 11 is 0. The molecule has 0 aliphatic carbocycles. The predicted octanol–water partition coefficient (Wildman–Crippen LogP) is 3.24. The molecule has 0 spiro atoms. The molecule has 104 valence electrons. The van der Waals surface area contributed by atoms with Crippen LogP contribution in [-0.2, 0) is 4.79 Å². The van der Waals surface area contributed by atoms with Crippen LogP contribution in [0.5, 0.6) is 0 Å². The van der Waals surface area contributed by atoms with Crippen LogP contribution in [0.4, 0.5) is 0 Å². The number of piperidine rings is 1. The molecule has 1 unspecified atom stereocenters. The molecule has 1 aromatic carbocycles. The zero-order chi connectivity index (χ0) is 13.9. The van der Waals surface area contributed by atoms with Crippen LogP contribution in [-0.4, -0.2) is 28.4 Å². The highest BCUT2D eigenvalue weighted by atomic mass is 16.3. The zero-order valence-corrected chi connectivity index (χ0v) is 11.6. The van der Waals surface area contributed by atoms with E-state index in [1.54, 1.807) is 12.2 Å². The number of nitrogens with zero attached hydrogens (tertiary/aromatic N) is 2. The van der Waals surface area contributed by atoms with E-state index in [0.29, 0.717) is 11.9 Å². The van der Waals surface area contributed by atoms with Gasteiger partial charge in [-0.15, -0.1) is 0 Å². The highest BCUT2D eigenvalue weighted by molar-refractivity contribution is 5.91. The molecule has 0 radical (unpaired) electrons. The summed E-state index contributed by atoms with van der Waals surface area (Å²) in [6.07, 6.45) is 6.60. The van der Waals surface area contributed by atoms with Crippen molar-refractivity contribution in [2.45, 2.75) is 32.2 Å². The number of rotatable bonds is 2. The predicted molar refractivity (Wildman–Crippen MR) is 78.1 cm³/mol. The van der Waals surface area contributed by atoms with Gasteiger partial charge in [0.05, 0.1) is 0 Å². The van der Waals surface area contributed by atoms with Crippen molar-refractivity contribution in [3.8, 4) is 0 Å². The van der Waals surface area contributed by atoms with Crippen molar-refractivity contribution in [2.75, 3.05) is 6.54 Å². The van der Waals surface area contributed by atoms with Gasteiger partial charge in [-0.3, -0.25) is 4.79 Å². The summed E-state index contributed by atoms with van der Waals surface area (Å²) in [7, 11) is 0. The van der Waals surface area contributed by atoms with Crippen molar-refractivity contribution in [1.82, 2.24) is 9.88 Å². The third-order valence-corrected chi connectivity index (χ3v) is 3.76. The van der Waals surface area contributed by atoms with Gasteiger partial charge < -0.3 is 9.32 Å². The van der Waals surface area contributed by atoms with Crippen LogP contribution in [0, 0.1) is 0 Å². The highest BCUT2D eigenvalue weighted by Gasteiger charge is 2.21. The standard InChI is InChI=1S/C16H18N2O2/c1-12-6-4-5-11-18(12)16(19)10-9-15-17-13-7-2-3-8-14(13)20-15/h2-3,7-10,12H,4-6,11H2,1H3/b10-9+. The van der Waals surface area contributed by atoms with Crippen LogP contribution in [0.15, 0.2) is 34.8 Å². The van der Waals surface area contributed by atoms with Crippen LogP contribution >= 0.6 is 0 Å². The Morgan fingerprint density at radius 2 is 2.25 bits per heavy atom. The highest BCUT2D eigenvalue weighted by Crippen LogP contribution is 2.18. The summed E-state index contributed by atoms with van der Waals surface area (Å²) in [5.74, 6) is 0.517. The molecule has 1 aromatic heterocycles. The van der Waals surface area contributed by atoms with Crippen molar-refractivity contribution >= 4 is 23.1 Å². The minimum atomic E-state index is 0.0412. The van der Waals surface area contributed by atoms with E-state index in [0.717, 1.165) is 30.5 Å². The van der Waals surface area contributed by atoms with Crippen molar-refractivity contribution in [3.05, 3.63) is 36.2 Å². The van der Waals surface area contributed by atoms with Gasteiger partial charge in [-0.05, 0) is 38.3 Å². The van der Waals surface area contributed by atoms with E-state index >= 15 is 0 Å². The Morgan fingerprint density at radius 1 is 1.40 bits per heavy atom. The van der Waals surface area contributed by atoms with E-state index in [4.69, 9.17) is 4.42 Å². The lowest BCUT2D eigenvalue weighted by atomic mass is 10.0. The fourth-order valence-corrected chi connectivity index (χ4v) is 2.63. The number of benzene rings is 1. The normalized spacial score (nSPS) is 19.9. The second-order valence-corrected chi connectivity index (χ2v) is 5.23. The van der Waals surface area contributed by atoms with Gasteiger partial charge in [0.15, 0.2) is 5.58 Å². The molecule has 1 amide bonds. The number of carbonyl (C=O) groups is 1. The molecule has 1 atom stereocenters. The van der Waals surface area contributed by atoms with Crippen LogP contribution < -0.4 is 0 Å². The Kier molecular flexibility index (Phi) is 3.54. The van der Waals surface area contributed by atoms with Crippen molar-refractivity contribution in [3.63, 3.8) is 0 Å². The van der Waals surface area contributed by atoms with Gasteiger partial charge in [-0.2, -0.15) is 0 Å². The SMILES string of the molecule is CC1CCCCN1C(=O)/C=C/c1nc2ccccc2o1. The molecule has 20 heavy (non-hydrogen) atoms. The molecule has 4 nitrogen and oxygen atoms in total. The molecular weight excluding hydrogens is 252 g/mol. The van der Waals surface area contributed by atoms with Gasteiger partial charge in [-0.25, -0.2) is 4.98 Å².